The van der Waals surface area contributed by atoms with E-state index in [1.54, 1.807) is 0 Å². The highest BCUT2D eigenvalue weighted by Gasteiger charge is 2.04. The van der Waals surface area contributed by atoms with E-state index >= 15 is 0 Å². The Bertz CT molecular complexity index is 323. The first-order valence-corrected chi connectivity index (χ1v) is 5.54. The molecular formula is C10H10ClIO. The molecule has 0 aliphatic carbocycles. The zero-order valence-electron chi connectivity index (χ0n) is 7.31. The lowest BCUT2D eigenvalue weighted by Gasteiger charge is -2.03. The monoisotopic (exact) mass is 308 g/mol. The van der Waals surface area contributed by atoms with E-state index in [1.165, 1.54) is 5.56 Å². The van der Waals surface area contributed by atoms with Gasteiger partial charge in [-0.3, -0.25) is 4.79 Å². The second kappa shape index (κ2) is 4.96. The molecule has 0 saturated heterocycles. The second-order valence-corrected chi connectivity index (χ2v) is 4.39. The Balaban J connectivity index is 2.96. The zero-order valence-corrected chi connectivity index (χ0v) is 10.2. The minimum atomic E-state index is -0.300. The first-order valence-electron chi connectivity index (χ1n) is 4.09. The summed E-state index contributed by atoms with van der Waals surface area (Å²) in [5, 5.41) is -0.300. The molecule has 0 unspecified atom stereocenters. The molecule has 1 rings (SSSR count). The van der Waals surface area contributed by atoms with Crippen LogP contribution in [-0.4, -0.2) is 5.24 Å². The van der Waals surface area contributed by atoms with Gasteiger partial charge in [0.05, 0.1) is 0 Å². The fourth-order valence-electron chi connectivity index (χ4n) is 1.13. The fraction of sp³-hybridized carbons (Fsp3) is 0.300. The van der Waals surface area contributed by atoms with Crippen LogP contribution < -0.4 is 0 Å². The molecule has 70 valence electrons. The maximum atomic E-state index is 10.7. The van der Waals surface area contributed by atoms with Crippen molar-refractivity contribution >= 4 is 39.4 Å². The van der Waals surface area contributed by atoms with Crippen LogP contribution in [0.1, 0.15) is 18.1 Å². The number of hydrogen-bond acceptors (Lipinski definition) is 1. The minimum absolute atomic E-state index is 0.300. The van der Waals surface area contributed by atoms with E-state index in [4.69, 9.17) is 11.6 Å². The summed E-state index contributed by atoms with van der Waals surface area (Å²) in [6.07, 6.45) is 1.31. The Labute approximate surface area is 96.6 Å². The van der Waals surface area contributed by atoms with E-state index in [0.717, 1.165) is 15.6 Å². The standard InChI is InChI=1S/C10H10ClIO/c1-2-7-3-4-9(12)8(5-7)6-10(11)13/h3-5H,2,6H2,1H3. The summed E-state index contributed by atoms with van der Waals surface area (Å²) in [7, 11) is 0. The number of halogens is 2. The third-order valence-electron chi connectivity index (χ3n) is 1.85. The molecule has 0 aliphatic heterocycles. The van der Waals surface area contributed by atoms with E-state index < -0.39 is 0 Å². The van der Waals surface area contributed by atoms with Gasteiger partial charge in [-0.25, -0.2) is 0 Å². The molecule has 0 bridgehead atoms. The number of rotatable bonds is 3. The maximum absolute atomic E-state index is 10.7. The van der Waals surface area contributed by atoms with Gasteiger partial charge in [0, 0.05) is 9.99 Å². The van der Waals surface area contributed by atoms with Gasteiger partial charge in [0.15, 0.2) is 0 Å². The van der Waals surface area contributed by atoms with Crippen molar-refractivity contribution in [2.75, 3.05) is 0 Å². The molecule has 0 heterocycles. The van der Waals surface area contributed by atoms with Crippen molar-refractivity contribution in [1.29, 1.82) is 0 Å². The van der Waals surface area contributed by atoms with Crippen molar-refractivity contribution in [1.82, 2.24) is 0 Å². The van der Waals surface area contributed by atoms with Crippen molar-refractivity contribution < 1.29 is 4.79 Å². The number of carbonyl (C=O) groups excluding carboxylic acids is 1. The van der Waals surface area contributed by atoms with Gasteiger partial charge in [0.2, 0.25) is 5.24 Å². The van der Waals surface area contributed by atoms with E-state index in [-0.39, 0.29) is 5.24 Å². The number of carbonyl (C=O) groups is 1. The first-order chi connectivity index (χ1) is 6.13. The summed E-state index contributed by atoms with van der Waals surface area (Å²) in [4.78, 5) is 10.7. The van der Waals surface area contributed by atoms with Crippen LogP contribution in [0.25, 0.3) is 0 Å². The van der Waals surface area contributed by atoms with Crippen molar-refractivity contribution in [3.63, 3.8) is 0 Å². The fourth-order valence-corrected chi connectivity index (χ4v) is 1.80. The SMILES string of the molecule is CCc1ccc(I)c(CC(=O)Cl)c1. The van der Waals surface area contributed by atoms with E-state index in [0.29, 0.717) is 6.42 Å². The number of benzene rings is 1. The Morgan fingerprint density at radius 2 is 2.23 bits per heavy atom. The van der Waals surface area contributed by atoms with Crippen molar-refractivity contribution in [2.45, 2.75) is 19.8 Å². The van der Waals surface area contributed by atoms with Gasteiger partial charge < -0.3 is 0 Å². The van der Waals surface area contributed by atoms with Gasteiger partial charge in [-0.1, -0.05) is 19.1 Å². The van der Waals surface area contributed by atoms with Crippen molar-refractivity contribution in [2.24, 2.45) is 0 Å². The molecule has 0 fully saturated rings. The molecule has 0 saturated carbocycles. The van der Waals surface area contributed by atoms with Gasteiger partial charge in [0.1, 0.15) is 0 Å². The molecule has 0 atom stereocenters. The predicted molar refractivity (Wildman–Crippen MR) is 63.1 cm³/mol. The minimum Gasteiger partial charge on any atom is -0.281 e. The molecule has 0 N–H and O–H groups in total. The average Bonchev–Trinajstić information content (AvgIpc) is 2.08. The van der Waals surface area contributed by atoms with Crippen LogP contribution in [0.4, 0.5) is 0 Å². The van der Waals surface area contributed by atoms with Crippen LogP contribution >= 0.6 is 34.2 Å². The molecule has 0 aromatic heterocycles. The Morgan fingerprint density at radius 3 is 2.77 bits per heavy atom. The van der Waals surface area contributed by atoms with Gasteiger partial charge >= 0.3 is 0 Å². The quantitative estimate of drug-likeness (QED) is 0.619. The molecule has 1 aromatic rings. The smallest absolute Gasteiger partial charge is 0.226 e. The van der Waals surface area contributed by atoms with Crippen molar-refractivity contribution in [3.8, 4) is 0 Å². The predicted octanol–water partition coefficient (Wildman–Crippen LogP) is 3.16. The molecule has 1 aromatic carbocycles. The molecular weight excluding hydrogens is 298 g/mol. The van der Waals surface area contributed by atoms with Crippen LogP contribution in [-0.2, 0) is 17.6 Å². The largest absolute Gasteiger partial charge is 0.281 e. The van der Waals surface area contributed by atoms with Gasteiger partial charge in [-0.15, -0.1) is 0 Å². The van der Waals surface area contributed by atoms with Crippen LogP contribution in [0.5, 0.6) is 0 Å². The maximum Gasteiger partial charge on any atom is 0.226 e. The highest BCUT2D eigenvalue weighted by molar-refractivity contribution is 14.1. The second-order valence-electron chi connectivity index (χ2n) is 2.81. The molecule has 1 nitrogen and oxygen atoms in total. The summed E-state index contributed by atoms with van der Waals surface area (Å²) < 4.78 is 1.10. The normalized spacial score (nSPS) is 10.1. The van der Waals surface area contributed by atoms with Crippen LogP contribution in [0.3, 0.4) is 0 Å². The summed E-state index contributed by atoms with van der Waals surface area (Å²) in [6.45, 7) is 2.09. The Hall–Kier alpha value is -0.0900. The topological polar surface area (TPSA) is 17.1 Å². The molecule has 0 aliphatic rings. The number of hydrogen-bond donors (Lipinski definition) is 0. The lowest BCUT2D eigenvalue weighted by atomic mass is 10.1. The highest BCUT2D eigenvalue weighted by Crippen LogP contribution is 2.16. The van der Waals surface area contributed by atoms with E-state index in [9.17, 15) is 4.79 Å². The molecule has 3 heteroatoms. The lowest BCUT2D eigenvalue weighted by molar-refractivity contribution is -0.111. The summed E-state index contributed by atoms with van der Waals surface area (Å²) in [5.74, 6) is 0. The molecule has 0 radical (unpaired) electrons. The van der Waals surface area contributed by atoms with Crippen LogP contribution in [0, 0.1) is 3.57 Å². The number of aryl methyl sites for hydroxylation is 1. The molecule has 0 amide bonds. The third-order valence-corrected chi connectivity index (χ3v) is 3.03. The molecule has 13 heavy (non-hydrogen) atoms. The van der Waals surface area contributed by atoms with Gasteiger partial charge in [0.25, 0.3) is 0 Å². The average molecular weight is 309 g/mol. The zero-order chi connectivity index (χ0) is 9.84. The Morgan fingerprint density at radius 1 is 1.54 bits per heavy atom. The first kappa shape index (κ1) is 11.0. The van der Waals surface area contributed by atoms with E-state index in [1.807, 2.05) is 12.1 Å². The lowest BCUT2D eigenvalue weighted by Crippen LogP contribution is -1.97. The van der Waals surface area contributed by atoms with Crippen LogP contribution in [0.2, 0.25) is 0 Å². The van der Waals surface area contributed by atoms with Gasteiger partial charge in [-0.2, -0.15) is 0 Å². The van der Waals surface area contributed by atoms with E-state index in [2.05, 4.69) is 35.6 Å². The third kappa shape index (κ3) is 3.27. The Kier molecular flexibility index (Phi) is 4.19. The van der Waals surface area contributed by atoms with Crippen LogP contribution in [0.15, 0.2) is 18.2 Å². The summed E-state index contributed by atoms with van der Waals surface area (Å²) >= 11 is 7.55. The van der Waals surface area contributed by atoms with Gasteiger partial charge in [-0.05, 0) is 57.8 Å². The summed E-state index contributed by atoms with van der Waals surface area (Å²) in [6, 6.07) is 6.14. The van der Waals surface area contributed by atoms with Crippen molar-refractivity contribution in [3.05, 3.63) is 32.9 Å². The summed E-state index contributed by atoms with van der Waals surface area (Å²) in [5.41, 5.74) is 2.27. The highest BCUT2D eigenvalue weighted by atomic mass is 127. The molecule has 0 spiro atoms.